The summed E-state index contributed by atoms with van der Waals surface area (Å²) in [5, 5.41) is 14.3. The lowest BCUT2D eigenvalue weighted by Crippen LogP contribution is -2.29. The van der Waals surface area contributed by atoms with E-state index in [1.165, 1.54) is 17.8 Å². The highest BCUT2D eigenvalue weighted by Gasteiger charge is 2.27. The third kappa shape index (κ3) is 4.72. The van der Waals surface area contributed by atoms with E-state index in [-0.39, 0.29) is 10.8 Å². The Morgan fingerprint density at radius 1 is 1.00 bits per heavy atom. The monoisotopic (exact) mass is 385 g/mol. The molecule has 1 N–H and O–H groups in total. The number of benzene rings is 1. The molecular formula is C23H33N2OS. The number of phenolic OH excluding ortho intramolecular Hbond substituents is 1. The number of rotatable bonds is 3. The third-order valence-corrected chi connectivity index (χ3v) is 6.06. The minimum absolute atomic E-state index is 0.122. The van der Waals surface area contributed by atoms with E-state index in [9.17, 15) is 5.11 Å². The predicted molar refractivity (Wildman–Crippen MR) is 115 cm³/mol. The number of hydrogen-bond donors (Lipinski definition) is 1. The largest absolute Gasteiger partial charge is 0.507 e. The lowest BCUT2D eigenvalue weighted by Gasteiger charge is -2.28. The zero-order valence-corrected chi connectivity index (χ0v) is 18.4. The topological polar surface area (TPSA) is 36.4 Å². The second kappa shape index (κ2) is 7.56. The lowest BCUT2D eigenvalue weighted by atomic mass is 9.78. The van der Waals surface area contributed by atoms with E-state index in [0.717, 1.165) is 42.0 Å². The molecule has 1 aliphatic heterocycles. The lowest BCUT2D eigenvalue weighted by molar-refractivity contribution is 0.246. The van der Waals surface area contributed by atoms with Crippen LogP contribution in [0.2, 0.25) is 0 Å². The van der Waals surface area contributed by atoms with Crippen LogP contribution < -0.4 is 0 Å². The summed E-state index contributed by atoms with van der Waals surface area (Å²) in [6.07, 6.45) is 4.74. The van der Waals surface area contributed by atoms with E-state index in [0.29, 0.717) is 5.75 Å². The summed E-state index contributed by atoms with van der Waals surface area (Å²) in [6.45, 7) is 16.1. The molecule has 147 valence electrons. The number of aromatic hydroxyl groups is 1. The first-order valence-electron chi connectivity index (χ1n) is 9.92. The molecule has 1 aliphatic rings. The van der Waals surface area contributed by atoms with Crippen LogP contribution in [0.1, 0.15) is 70.5 Å². The third-order valence-electron chi connectivity index (χ3n) is 5.23. The fraction of sp³-hybridized carbons (Fsp3) is 0.565. The molecule has 0 amide bonds. The van der Waals surface area contributed by atoms with Gasteiger partial charge in [0.1, 0.15) is 10.8 Å². The van der Waals surface area contributed by atoms with Gasteiger partial charge in [0.05, 0.1) is 12.2 Å². The summed E-state index contributed by atoms with van der Waals surface area (Å²) in [6, 6.07) is 4.25. The van der Waals surface area contributed by atoms with Gasteiger partial charge >= 0.3 is 0 Å². The molecule has 1 radical (unpaired) electrons. The molecule has 2 heterocycles. The summed E-state index contributed by atoms with van der Waals surface area (Å²) in [5.74, 6) is 0.429. The Labute approximate surface area is 168 Å². The van der Waals surface area contributed by atoms with E-state index in [4.69, 9.17) is 4.98 Å². The SMILES string of the molecule is CC(C)(C)c1cc(-c2csc(CN3CC[CH]CC3)n2)cc(C(C)(C)C)c1O. The van der Waals surface area contributed by atoms with Gasteiger partial charge < -0.3 is 5.11 Å². The summed E-state index contributed by atoms with van der Waals surface area (Å²) < 4.78 is 0. The molecule has 1 aromatic heterocycles. The molecule has 0 unspecified atom stereocenters. The van der Waals surface area contributed by atoms with Gasteiger partial charge in [-0.05, 0) is 55.3 Å². The zero-order valence-electron chi connectivity index (χ0n) is 17.6. The van der Waals surface area contributed by atoms with Crippen molar-refractivity contribution in [3.05, 3.63) is 40.1 Å². The minimum Gasteiger partial charge on any atom is -0.507 e. The molecule has 4 heteroatoms. The van der Waals surface area contributed by atoms with Crippen molar-refractivity contribution in [2.75, 3.05) is 13.1 Å². The maximum absolute atomic E-state index is 10.9. The van der Waals surface area contributed by atoms with Crippen molar-refractivity contribution in [3.63, 3.8) is 0 Å². The highest BCUT2D eigenvalue weighted by molar-refractivity contribution is 7.09. The molecule has 1 fully saturated rings. The average molecular weight is 386 g/mol. The molecule has 0 bridgehead atoms. The zero-order chi connectivity index (χ0) is 19.8. The van der Waals surface area contributed by atoms with E-state index >= 15 is 0 Å². The van der Waals surface area contributed by atoms with Gasteiger partial charge in [0.15, 0.2) is 0 Å². The number of nitrogens with zero attached hydrogens (tertiary/aromatic N) is 2. The number of hydrogen-bond acceptors (Lipinski definition) is 4. The van der Waals surface area contributed by atoms with Crippen molar-refractivity contribution >= 4 is 11.3 Å². The molecule has 1 saturated heterocycles. The molecule has 0 aliphatic carbocycles. The maximum atomic E-state index is 10.9. The van der Waals surface area contributed by atoms with Crippen molar-refractivity contribution < 1.29 is 5.11 Å². The first-order chi connectivity index (χ1) is 12.6. The second-order valence-electron chi connectivity index (χ2n) is 9.69. The van der Waals surface area contributed by atoms with Gasteiger partial charge in [-0.1, -0.05) is 41.5 Å². The first-order valence-corrected chi connectivity index (χ1v) is 10.8. The van der Waals surface area contributed by atoms with Crippen LogP contribution in [0.4, 0.5) is 0 Å². The van der Waals surface area contributed by atoms with Crippen LogP contribution in [-0.4, -0.2) is 28.1 Å². The quantitative estimate of drug-likeness (QED) is 0.713. The van der Waals surface area contributed by atoms with Gasteiger partial charge in [-0.2, -0.15) is 0 Å². The fourth-order valence-corrected chi connectivity index (χ4v) is 4.44. The molecule has 27 heavy (non-hydrogen) atoms. The molecule has 2 aromatic rings. The van der Waals surface area contributed by atoms with Crippen molar-refractivity contribution in [1.29, 1.82) is 0 Å². The average Bonchev–Trinajstić information content (AvgIpc) is 3.02. The minimum atomic E-state index is -0.122. The maximum Gasteiger partial charge on any atom is 0.123 e. The summed E-state index contributed by atoms with van der Waals surface area (Å²) in [5.41, 5.74) is 3.87. The van der Waals surface area contributed by atoms with E-state index < -0.39 is 0 Å². The van der Waals surface area contributed by atoms with Crippen molar-refractivity contribution in [1.82, 2.24) is 9.88 Å². The van der Waals surface area contributed by atoms with Crippen LogP contribution in [0.15, 0.2) is 17.5 Å². The first kappa shape index (κ1) is 20.3. The standard InChI is InChI=1S/C23H33N2OS/c1-22(2,3)17-12-16(13-18(21(17)26)23(4,5)6)19-15-27-20(24-19)14-25-10-8-7-9-11-25/h7,12-13,15,26H,8-11,14H2,1-6H3. The number of piperidine rings is 1. The van der Waals surface area contributed by atoms with Crippen LogP contribution in [0.25, 0.3) is 11.3 Å². The Balaban J connectivity index is 1.96. The molecule has 0 spiro atoms. The summed E-state index contributed by atoms with van der Waals surface area (Å²) in [4.78, 5) is 7.42. The molecule has 0 saturated carbocycles. The molecule has 3 rings (SSSR count). The number of thiazole rings is 1. The van der Waals surface area contributed by atoms with Gasteiger partial charge in [0.25, 0.3) is 0 Å². The fourth-order valence-electron chi connectivity index (χ4n) is 3.60. The highest BCUT2D eigenvalue weighted by atomic mass is 32.1. The molecular weight excluding hydrogens is 352 g/mol. The van der Waals surface area contributed by atoms with E-state index in [2.05, 4.69) is 70.4 Å². The highest BCUT2D eigenvalue weighted by Crippen LogP contribution is 2.42. The van der Waals surface area contributed by atoms with Crippen LogP contribution in [0.5, 0.6) is 5.75 Å². The predicted octanol–water partition coefficient (Wildman–Crippen LogP) is 5.91. The molecule has 0 atom stereocenters. The van der Waals surface area contributed by atoms with Gasteiger partial charge in [0.2, 0.25) is 0 Å². The smallest absolute Gasteiger partial charge is 0.123 e. The molecule has 3 nitrogen and oxygen atoms in total. The Morgan fingerprint density at radius 2 is 1.56 bits per heavy atom. The van der Waals surface area contributed by atoms with Crippen LogP contribution in [-0.2, 0) is 17.4 Å². The number of phenols is 1. The number of likely N-dealkylation sites (tertiary alicyclic amines) is 1. The van der Waals surface area contributed by atoms with Crippen LogP contribution in [0, 0.1) is 6.42 Å². The van der Waals surface area contributed by atoms with Crippen molar-refractivity contribution in [2.45, 2.75) is 71.8 Å². The normalized spacial score (nSPS) is 16.7. The van der Waals surface area contributed by atoms with E-state index in [1.54, 1.807) is 11.3 Å². The Morgan fingerprint density at radius 3 is 2.07 bits per heavy atom. The summed E-state index contributed by atoms with van der Waals surface area (Å²) >= 11 is 1.74. The van der Waals surface area contributed by atoms with E-state index in [1.807, 2.05) is 0 Å². The van der Waals surface area contributed by atoms with Gasteiger partial charge in [-0.15, -0.1) is 11.3 Å². The van der Waals surface area contributed by atoms with Crippen molar-refractivity contribution in [3.8, 4) is 17.0 Å². The van der Waals surface area contributed by atoms with Gasteiger partial charge in [0, 0.05) is 22.1 Å². The Kier molecular flexibility index (Phi) is 5.69. The number of aromatic nitrogens is 1. The van der Waals surface area contributed by atoms with Gasteiger partial charge in [-0.3, -0.25) is 4.90 Å². The summed E-state index contributed by atoms with van der Waals surface area (Å²) in [7, 11) is 0. The second-order valence-corrected chi connectivity index (χ2v) is 10.6. The van der Waals surface area contributed by atoms with Gasteiger partial charge in [-0.25, -0.2) is 4.98 Å². The van der Waals surface area contributed by atoms with Crippen LogP contribution in [0.3, 0.4) is 0 Å². The Hall–Kier alpha value is -1.39. The van der Waals surface area contributed by atoms with Crippen molar-refractivity contribution in [2.24, 2.45) is 0 Å². The Bertz CT molecular complexity index is 754. The molecule has 1 aromatic carbocycles. The van der Waals surface area contributed by atoms with Crippen LogP contribution >= 0.6 is 11.3 Å².